The van der Waals surface area contributed by atoms with Crippen LogP contribution in [-0.4, -0.2) is 25.8 Å². The predicted octanol–water partition coefficient (Wildman–Crippen LogP) is 2.53. The van der Waals surface area contributed by atoms with E-state index in [1.54, 1.807) is 6.07 Å². The number of benzene rings is 1. The summed E-state index contributed by atoms with van der Waals surface area (Å²) >= 11 is 0. The van der Waals surface area contributed by atoms with E-state index in [2.05, 4.69) is 5.32 Å². The third-order valence-electron chi connectivity index (χ3n) is 4.36. The lowest BCUT2D eigenvalue weighted by atomic mass is 9.76. The van der Waals surface area contributed by atoms with Crippen LogP contribution in [0.4, 0.5) is 4.39 Å². The Morgan fingerprint density at radius 2 is 2.06 bits per heavy atom. The van der Waals surface area contributed by atoms with Crippen LogP contribution in [0.2, 0.25) is 0 Å². The third kappa shape index (κ3) is 2.43. The van der Waals surface area contributed by atoms with Gasteiger partial charge in [0.05, 0.1) is 12.7 Å². The fraction of sp³-hybridized carbons (Fsp3) is 0.600. The summed E-state index contributed by atoms with van der Waals surface area (Å²) in [6.45, 7) is 3.04. The topological polar surface area (TPSA) is 21.3 Å². The Bertz CT molecular complexity index is 415. The van der Waals surface area contributed by atoms with E-state index in [0.29, 0.717) is 11.8 Å². The van der Waals surface area contributed by atoms with Crippen molar-refractivity contribution in [2.24, 2.45) is 5.41 Å². The Morgan fingerprint density at radius 3 is 2.83 bits per heavy atom. The van der Waals surface area contributed by atoms with E-state index in [4.69, 9.17) is 4.74 Å². The lowest BCUT2D eigenvalue weighted by Crippen LogP contribution is -2.37. The number of ether oxygens (including phenoxy) is 1. The smallest absolute Gasteiger partial charge is 0.126 e. The Kier molecular flexibility index (Phi) is 3.35. The average Bonchev–Trinajstić information content (AvgIpc) is 2.76. The minimum Gasteiger partial charge on any atom is -0.377 e. The summed E-state index contributed by atoms with van der Waals surface area (Å²) in [7, 11) is 0. The molecule has 3 rings (SSSR count). The van der Waals surface area contributed by atoms with Crippen LogP contribution >= 0.6 is 0 Å². The summed E-state index contributed by atoms with van der Waals surface area (Å²) in [5, 5.41) is 3.39. The van der Waals surface area contributed by atoms with Crippen molar-refractivity contribution in [3.05, 3.63) is 35.6 Å². The molecule has 0 saturated carbocycles. The molecule has 1 spiro atoms. The zero-order valence-corrected chi connectivity index (χ0v) is 10.6. The maximum Gasteiger partial charge on any atom is 0.126 e. The van der Waals surface area contributed by atoms with Crippen LogP contribution in [0.3, 0.4) is 0 Å². The molecule has 1 N–H and O–H groups in total. The molecule has 2 fully saturated rings. The highest BCUT2D eigenvalue weighted by Gasteiger charge is 2.40. The van der Waals surface area contributed by atoms with Crippen molar-refractivity contribution < 1.29 is 9.13 Å². The van der Waals surface area contributed by atoms with Gasteiger partial charge in [-0.1, -0.05) is 18.2 Å². The minimum absolute atomic E-state index is 0.104. The fourth-order valence-electron chi connectivity index (χ4n) is 3.24. The van der Waals surface area contributed by atoms with Crippen molar-refractivity contribution in [3.63, 3.8) is 0 Å². The Balaban J connectivity index is 1.64. The van der Waals surface area contributed by atoms with E-state index in [-0.39, 0.29) is 11.9 Å². The van der Waals surface area contributed by atoms with Crippen molar-refractivity contribution in [1.29, 1.82) is 0 Å². The summed E-state index contributed by atoms with van der Waals surface area (Å²) in [5.41, 5.74) is 1.15. The SMILES string of the molecule is Fc1ccccc1CC1CC2(CCNCC2)CO1. The number of nitrogens with one attached hydrogen (secondary N) is 1. The van der Waals surface area contributed by atoms with Crippen LogP contribution in [-0.2, 0) is 11.2 Å². The maximum atomic E-state index is 13.6. The average molecular weight is 249 g/mol. The van der Waals surface area contributed by atoms with Crippen molar-refractivity contribution >= 4 is 0 Å². The van der Waals surface area contributed by atoms with Gasteiger partial charge in [-0.15, -0.1) is 0 Å². The third-order valence-corrected chi connectivity index (χ3v) is 4.36. The molecule has 1 unspecified atom stereocenters. The first-order valence-electron chi connectivity index (χ1n) is 6.83. The van der Waals surface area contributed by atoms with E-state index in [9.17, 15) is 4.39 Å². The lowest BCUT2D eigenvalue weighted by molar-refractivity contribution is 0.0863. The van der Waals surface area contributed by atoms with Gasteiger partial charge in [-0.2, -0.15) is 0 Å². The summed E-state index contributed by atoms with van der Waals surface area (Å²) in [6, 6.07) is 7.03. The highest BCUT2D eigenvalue weighted by Crippen LogP contribution is 2.41. The fourth-order valence-corrected chi connectivity index (χ4v) is 3.24. The summed E-state index contributed by atoms with van der Waals surface area (Å²) in [6.07, 6.45) is 4.38. The molecule has 0 amide bonds. The highest BCUT2D eigenvalue weighted by atomic mass is 19.1. The van der Waals surface area contributed by atoms with Gasteiger partial charge in [0.25, 0.3) is 0 Å². The molecule has 98 valence electrons. The van der Waals surface area contributed by atoms with Crippen LogP contribution in [0.25, 0.3) is 0 Å². The largest absolute Gasteiger partial charge is 0.377 e. The molecule has 2 aliphatic rings. The molecule has 1 aromatic carbocycles. The molecule has 0 aliphatic carbocycles. The number of rotatable bonds is 2. The molecular weight excluding hydrogens is 229 g/mol. The predicted molar refractivity (Wildman–Crippen MR) is 69.0 cm³/mol. The van der Waals surface area contributed by atoms with Crippen LogP contribution in [0, 0.1) is 11.2 Å². The first-order valence-corrected chi connectivity index (χ1v) is 6.83. The molecule has 1 aromatic rings. The molecule has 1 atom stereocenters. The number of halogens is 1. The van der Waals surface area contributed by atoms with Gasteiger partial charge < -0.3 is 10.1 Å². The Morgan fingerprint density at radius 1 is 1.28 bits per heavy atom. The zero-order valence-electron chi connectivity index (χ0n) is 10.6. The van der Waals surface area contributed by atoms with Gasteiger partial charge in [0, 0.05) is 6.42 Å². The van der Waals surface area contributed by atoms with Crippen molar-refractivity contribution in [3.8, 4) is 0 Å². The van der Waals surface area contributed by atoms with E-state index >= 15 is 0 Å². The monoisotopic (exact) mass is 249 g/mol. The molecule has 2 heterocycles. The standard InChI is InChI=1S/C15H20FNO/c16-14-4-2-1-3-12(14)9-13-10-15(11-18-13)5-7-17-8-6-15/h1-4,13,17H,5-11H2. The zero-order chi connectivity index (χ0) is 12.4. The summed E-state index contributed by atoms with van der Waals surface area (Å²) in [4.78, 5) is 0. The Hall–Kier alpha value is -0.930. The van der Waals surface area contributed by atoms with E-state index in [0.717, 1.165) is 31.7 Å². The summed E-state index contributed by atoms with van der Waals surface area (Å²) in [5.74, 6) is -0.104. The summed E-state index contributed by atoms with van der Waals surface area (Å²) < 4.78 is 19.5. The van der Waals surface area contributed by atoms with Crippen LogP contribution in [0.5, 0.6) is 0 Å². The number of hydrogen-bond donors (Lipinski definition) is 1. The molecule has 2 aliphatic heterocycles. The molecule has 0 bridgehead atoms. The van der Waals surface area contributed by atoms with Crippen molar-refractivity contribution in [1.82, 2.24) is 5.32 Å². The van der Waals surface area contributed by atoms with Gasteiger partial charge in [-0.05, 0) is 49.4 Å². The highest BCUT2D eigenvalue weighted by molar-refractivity contribution is 5.18. The van der Waals surface area contributed by atoms with Gasteiger partial charge in [0.2, 0.25) is 0 Å². The first-order chi connectivity index (χ1) is 8.77. The molecule has 3 heteroatoms. The molecule has 2 nitrogen and oxygen atoms in total. The molecule has 2 saturated heterocycles. The van der Waals surface area contributed by atoms with Crippen LogP contribution in [0.1, 0.15) is 24.8 Å². The van der Waals surface area contributed by atoms with Gasteiger partial charge in [-0.3, -0.25) is 0 Å². The van der Waals surface area contributed by atoms with Crippen molar-refractivity contribution in [2.75, 3.05) is 19.7 Å². The molecule has 0 aromatic heterocycles. The second kappa shape index (κ2) is 4.98. The van der Waals surface area contributed by atoms with E-state index in [1.165, 1.54) is 18.9 Å². The quantitative estimate of drug-likeness (QED) is 0.869. The second-order valence-corrected chi connectivity index (χ2v) is 5.68. The normalized spacial score (nSPS) is 26.6. The number of piperidine rings is 1. The minimum atomic E-state index is -0.104. The molecular formula is C15H20FNO. The van der Waals surface area contributed by atoms with Gasteiger partial charge in [0.15, 0.2) is 0 Å². The number of hydrogen-bond acceptors (Lipinski definition) is 2. The van der Waals surface area contributed by atoms with E-state index in [1.807, 2.05) is 12.1 Å². The van der Waals surface area contributed by atoms with Crippen LogP contribution < -0.4 is 5.32 Å². The van der Waals surface area contributed by atoms with Gasteiger partial charge in [-0.25, -0.2) is 4.39 Å². The van der Waals surface area contributed by atoms with E-state index < -0.39 is 0 Å². The van der Waals surface area contributed by atoms with Gasteiger partial charge >= 0.3 is 0 Å². The lowest BCUT2D eigenvalue weighted by Gasteiger charge is -2.32. The second-order valence-electron chi connectivity index (χ2n) is 5.68. The van der Waals surface area contributed by atoms with Crippen molar-refractivity contribution in [2.45, 2.75) is 31.8 Å². The van der Waals surface area contributed by atoms with Gasteiger partial charge in [0.1, 0.15) is 5.82 Å². The Labute approximate surface area is 108 Å². The molecule has 0 radical (unpaired) electrons. The maximum absolute atomic E-state index is 13.6. The molecule has 18 heavy (non-hydrogen) atoms. The van der Waals surface area contributed by atoms with Crippen LogP contribution in [0.15, 0.2) is 24.3 Å². The first kappa shape index (κ1) is 12.1.